The summed E-state index contributed by atoms with van der Waals surface area (Å²) in [6, 6.07) is 17.2. The molecule has 0 bridgehead atoms. The van der Waals surface area contributed by atoms with Crippen LogP contribution in [0.1, 0.15) is 25.2 Å². The van der Waals surface area contributed by atoms with E-state index in [1.54, 1.807) is 42.0 Å². The Bertz CT molecular complexity index is 1330. The zero-order valence-corrected chi connectivity index (χ0v) is 20.4. The molecule has 0 fully saturated rings. The Hall–Kier alpha value is -4.40. The Morgan fingerprint density at radius 1 is 1.11 bits per heavy atom. The van der Waals surface area contributed by atoms with Crippen molar-refractivity contribution in [3.63, 3.8) is 0 Å². The minimum atomic E-state index is -0.459. The normalized spacial score (nSPS) is 10.9. The number of furan rings is 1. The Morgan fingerprint density at radius 2 is 1.89 bits per heavy atom. The van der Waals surface area contributed by atoms with Crippen LogP contribution in [0.15, 0.2) is 77.5 Å². The molecule has 0 aliphatic carbocycles. The number of carbonyl (C=O) groups is 2. The second-order valence-electron chi connectivity index (χ2n) is 8.71. The number of rotatable bonds is 8. The van der Waals surface area contributed by atoms with Crippen LogP contribution in [0.4, 0.5) is 15.1 Å². The highest BCUT2D eigenvalue weighted by Crippen LogP contribution is 2.25. The van der Waals surface area contributed by atoms with E-state index in [9.17, 15) is 14.0 Å². The number of amides is 3. The largest absolute Gasteiger partial charge is 0.467 e. The number of benzene rings is 2. The second-order valence-corrected chi connectivity index (χ2v) is 8.71. The first-order chi connectivity index (χ1) is 17.3. The van der Waals surface area contributed by atoms with Gasteiger partial charge in [0.25, 0.3) is 0 Å². The zero-order valence-electron chi connectivity index (χ0n) is 20.4. The summed E-state index contributed by atoms with van der Waals surface area (Å²) in [4.78, 5) is 31.8. The van der Waals surface area contributed by atoms with Gasteiger partial charge in [0, 0.05) is 17.8 Å². The molecule has 186 valence electrons. The van der Waals surface area contributed by atoms with Crippen LogP contribution >= 0.6 is 0 Å². The van der Waals surface area contributed by atoms with Gasteiger partial charge >= 0.3 is 6.03 Å². The van der Waals surface area contributed by atoms with Crippen LogP contribution in [-0.2, 0) is 11.3 Å². The molecule has 0 aliphatic heterocycles. The van der Waals surface area contributed by atoms with Crippen LogP contribution in [0.5, 0.6) is 0 Å². The summed E-state index contributed by atoms with van der Waals surface area (Å²) < 4.78 is 21.3. The number of hydrogen-bond donors (Lipinski definition) is 2. The molecule has 36 heavy (non-hydrogen) atoms. The van der Waals surface area contributed by atoms with Crippen LogP contribution in [-0.4, -0.2) is 39.0 Å². The monoisotopic (exact) mass is 489 g/mol. The Morgan fingerprint density at radius 3 is 2.56 bits per heavy atom. The zero-order chi connectivity index (χ0) is 25.7. The third-order valence-electron chi connectivity index (χ3n) is 5.42. The molecule has 4 rings (SSSR count). The van der Waals surface area contributed by atoms with Gasteiger partial charge in [-0.1, -0.05) is 36.4 Å². The first-order valence-electron chi connectivity index (χ1n) is 11.6. The summed E-state index contributed by atoms with van der Waals surface area (Å²) in [5.74, 6) is -0.0664. The highest BCUT2D eigenvalue weighted by Gasteiger charge is 2.21. The van der Waals surface area contributed by atoms with E-state index in [1.807, 2.05) is 44.2 Å². The lowest BCUT2D eigenvalue weighted by Crippen LogP contribution is -2.45. The number of anilines is 1. The molecular weight excluding hydrogens is 461 g/mol. The summed E-state index contributed by atoms with van der Waals surface area (Å²) in [6.45, 7) is 5.24. The molecule has 2 aromatic heterocycles. The van der Waals surface area contributed by atoms with E-state index in [4.69, 9.17) is 4.42 Å². The van der Waals surface area contributed by atoms with E-state index in [-0.39, 0.29) is 30.9 Å². The van der Waals surface area contributed by atoms with E-state index in [0.717, 1.165) is 5.56 Å². The molecule has 2 aromatic carbocycles. The Kier molecular flexibility index (Phi) is 7.48. The van der Waals surface area contributed by atoms with E-state index >= 15 is 0 Å². The fraction of sp³-hybridized carbons (Fsp3) is 0.222. The summed E-state index contributed by atoms with van der Waals surface area (Å²) in [5.41, 5.74) is 2.47. The molecule has 0 saturated carbocycles. The molecule has 0 spiro atoms. The lowest BCUT2D eigenvalue weighted by molar-refractivity contribution is -0.117. The van der Waals surface area contributed by atoms with Crippen molar-refractivity contribution in [3.8, 4) is 16.9 Å². The first kappa shape index (κ1) is 24.7. The van der Waals surface area contributed by atoms with Crippen LogP contribution in [0, 0.1) is 12.7 Å². The Balaban J connectivity index is 1.61. The van der Waals surface area contributed by atoms with Gasteiger partial charge in [0.2, 0.25) is 11.9 Å². The maximum Gasteiger partial charge on any atom is 0.318 e. The molecular formula is C27H28FN5O3. The number of carbonyl (C=O) groups excluding carboxylic acids is 2. The Labute approximate surface area is 208 Å². The van der Waals surface area contributed by atoms with Gasteiger partial charge in [-0.05, 0) is 50.6 Å². The number of nitrogens with one attached hydrogen (secondary N) is 2. The standard InChI is InChI=1S/C27H28FN5O3/c1-18(2)29-27(35)32(15-22-10-7-13-36-22)17-25(34)31-26-30-24(20-8-5-4-6-9-20)16-33(26)21-12-11-19(3)23(28)14-21/h4-14,16,18H,15,17H2,1-3H3,(H,29,35)(H,30,31,34). The van der Waals surface area contributed by atoms with Gasteiger partial charge in [0.1, 0.15) is 18.1 Å². The van der Waals surface area contributed by atoms with Crippen molar-refractivity contribution in [3.05, 3.63) is 90.3 Å². The van der Waals surface area contributed by atoms with Gasteiger partial charge in [0.15, 0.2) is 0 Å². The number of hydrogen-bond acceptors (Lipinski definition) is 4. The molecule has 2 N–H and O–H groups in total. The number of aromatic nitrogens is 2. The number of imidazole rings is 1. The van der Waals surface area contributed by atoms with Crippen molar-refractivity contribution in [1.29, 1.82) is 0 Å². The fourth-order valence-corrected chi connectivity index (χ4v) is 3.61. The van der Waals surface area contributed by atoms with Crippen molar-refractivity contribution in [1.82, 2.24) is 19.8 Å². The van der Waals surface area contributed by atoms with Crippen molar-refractivity contribution in [2.24, 2.45) is 0 Å². The molecule has 0 radical (unpaired) electrons. The summed E-state index contributed by atoms with van der Waals surface area (Å²) in [5, 5.41) is 5.59. The van der Waals surface area contributed by atoms with Crippen molar-refractivity contribution >= 4 is 17.9 Å². The number of aryl methyl sites for hydroxylation is 1. The maximum atomic E-state index is 14.4. The highest BCUT2D eigenvalue weighted by molar-refractivity contribution is 5.93. The van der Waals surface area contributed by atoms with Gasteiger partial charge < -0.3 is 14.6 Å². The van der Waals surface area contributed by atoms with E-state index in [2.05, 4.69) is 15.6 Å². The van der Waals surface area contributed by atoms with Gasteiger partial charge in [0.05, 0.1) is 24.2 Å². The summed E-state index contributed by atoms with van der Waals surface area (Å²) in [6.07, 6.45) is 3.25. The SMILES string of the molecule is Cc1ccc(-n2cc(-c3ccccc3)nc2NC(=O)CN(Cc2ccco2)C(=O)NC(C)C)cc1F. The summed E-state index contributed by atoms with van der Waals surface area (Å²) >= 11 is 0. The topological polar surface area (TPSA) is 92.4 Å². The molecule has 9 heteroatoms. The van der Waals surface area contributed by atoms with Gasteiger partial charge in [-0.2, -0.15) is 0 Å². The van der Waals surface area contributed by atoms with Gasteiger partial charge in [-0.25, -0.2) is 14.2 Å². The number of urea groups is 1. The fourth-order valence-electron chi connectivity index (χ4n) is 3.61. The predicted octanol–water partition coefficient (Wildman–Crippen LogP) is 5.14. The van der Waals surface area contributed by atoms with Crippen molar-refractivity contribution < 1.29 is 18.4 Å². The van der Waals surface area contributed by atoms with E-state index < -0.39 is 11.9 Å². The van der Waals surface area contributed by atoms with E-state index in [0.29, 0.717) is 22.7 Å². The third kappa shape index (κ3) is 5.99. The molecule has 2 heterocycles. The van der Waals surface area contributed by atoms with Crippen molar-refractivity contribution in [2.45, 2.75) is 33.4 Å². The van der Waals surface area contributed by atoms with Crippen molar-refractivity contribution in [2.75, 3.05) is 11.9 Å². The minimum Gasteiger partial charge on any atom is -0.467 e. The van der Waals surface area contributed by atoms with Gasteiger partial charge in [-0.15, -0.1) is 0 Å². The second kappa shape index (κ2) is 10.9. The van der Waals surface area contributed by atoms with Crippen LogP contribution < -0.4 is 10.6 Å². The molecule has 3 amide bonds. The summed E-state index contributed by atoms with van der Waals surface area (Å²) in [7, 11) is 0. The average Bonchev–Trinajstić information content (AvgIpc) is 3.51. The minimum absolute atomic E-state index is 0.108. The molecule has 8 nitrogen and oxygen atoms in total. The lowest BCUT2D eigenvalue weighted by Gasteiger charge is -2.23. The van der Waals surface area contributed by atoms with Crippen LogP contribution in [0.3, 0.4) is 0 Å². The number of halogens is 1. The quantitative estimate of drug-likeness (QED) is 0.359. The van der Waals surface area contributed by atoms with Crippen LogP contribution in [0.25, 0.3) is 16.9 Å². The highest BCUT2D eigenvalue weighted by atomic mass is 19.1. The molecule has 0 unspecified atom stereocenters. The predicted molar refractivity (Wildman–Crippen MR) is 135 cm³/mol. The first-order valence-corrected chi connectivity index (χ1v) is 11.6. The van der Waals surface area contributed by atoms with E-state index in [1.165, 1.54) is 17.2 Å². The molecule has 4 aromatic rings. The average molecular weight is 490 g/mol. The third-order valence-corrected chi connectivity index (χ3v) is 5.42. The molecule has 0 saturated heterocycles. The maximum absolute atomic E-state index is 14.4. The molecule has 0 atom stereocenters. The lowest BCUT2D eigenvalue weighted by atomic mass is 10.2. The molecule has 0 aliphatic rings. The van der Waals surface area contributed by atoms with Gasteiger partial charge in [-0.3, -0.25) is 14.7 Å². The van der Waals surface area contributed by atoms with Crippen LogP contribution in [0.2, 0.25) is 0 Å². The smallest absolute Gasteiger partial charge is 0.318 e. The number of nitrogens with zero attached hydrogens (tertiary/aromatic N) is 3.